The van der Waals surface area contributed by atoms with Gasteiger partial charge in [0.15, 0.2) is 4.34 Å². The van der Waals surface area contributed by atoms with E-state index in [1.54, 1.807) is 0 Å². The SMILES string of the molecule is CN(C1CCCNCC1)S(=O)(=O)c1cc([N+](=O)[O-])c(Cl)s1. The highest BCUT2D eigenvalue weighted by Crippen LogP contribution is 2.37. The molecule has 0 aromatic carbocycles. The molecule has 1 aromatic rings. The number of hydrogen-bond donors (Lipinski definition) is 1. The van der Waals surface area contributed by atoms with Crippen molar-refractivity contribution >= 4 is 38.6 Å². The summed E-state index contributed by atoms with van der Waals surface area (Å²) in [6.45, 7) is 1.64. The van der Waals surface area contributed by atoms with Crippen LogP contribution in [0.25, 0.3) is 0 Å². The van der Waals surface area contributed by atoms with Crippen molar-refractivity contribution in [2.75, 3.05) is 20.1 Å². The van der Waals surface area contributed by atoms with Crippen molar-refractivity contribution < 1.29 is 13.3 Å². The summed E-state index contributed by atoms with van der Waals surface area (Å²) in [4.78, 5) is 10.1. The fourth-order valence-corrected chi connectivity index (χ4v) is 5.56. The Labute approximate surface area is 132 Å². The van der Waals surface area contributed by atoms with E-state index in [1.165, 1.54) is 11.4 Å². The molecule has 10 heteroatoms. The predicted octanol–water partition coefficient (Wildman–Crippen LogP) is 2.07. The minimum atomic E-state index is -3.75. The van der Waals surface area contributed by atoms with Gasteiger partial charge in [0.25, 0.3) is 15.7 Å². The van der Waals surface area contributed by atoms with Crippen LogP contribution in [0.1, 0.15) is 19.3 Å². The molecular weight excluding hydrogens is 338 g/mol. The third-order valence-corrected chi connectivity index (χ3v) is 7.23. The van der Waals surface area contributed by atoms with Gasteiger partial charge in [0, 0.05) is 19.2 Å². The van der Waals surface area contributed by atoms with E-state index in [9.17, 15) is 18.5 Å². The van der Waals surface area contributed by atoms with Crippen LogP contribution >= 0.6 is 22.9 Å². The van der Waals surface area contributed by atoms with E-state index in [1.807, 2.05) is 0 Å². The molecule has 2 rings (SSSR count). The number of halogens is 1. The van der Waals surface area contributed by atoms with Crippen molar-refractivity contribution in [3.63, 3.8) is 0 Å². The molecule has 7 nitrogen and oxygen atoms in total. The van der Waals surface area contributed by atoms with Gasteiger partial charge in [-0.15, -0.1) is 11.3 Å². The second kappa shape index (κ2) is 6.57. The summed E-state index contributed by atoms with van der Waals surface area (Å²) in [5.74, 6) is 0. The number of nitro groups is 1. The van der Waals surface area contributed by atoms with Crippen LogP contribution in [0.5, 0.6) is 0 Å². The van der Waals surface area contributed by atoms with Gasteiger partial charge >= 0.3 is 0 Å². The van der Waals surface area contributed by atoms with Gasteiger partial charge in [-0.2, -0.15) is 4.31 Å². The first-order valence-corrected chi connectivity index (χ1v) is 9.10. The van der Waals surface area contributed by atoms with Gasteiger partial charge in [-0.1, -0.05) is 11.6 Å². The predicted molar refractivity (Wildman–Crippen MR) is 81.4 cm³/mol. The van der Waals surface area contributed by atoms with Crippen molar-refractivity contribution in [2.45, 2.75) is 29.5 Å². The van der Waals surface area contributed by atoms with Crippen molar-refractivity contribution in [1.82, 2.24) is 9.62 Å². The second-order valence-electron chi connectivity index (χ2n) is 4.84. The average Bonchev–Trinajstić information content (AvgIpc) is 2.65. The number of nitrogens with one attached hydrogen (secondary N) is 1. The zero-order valence-corrected chi connectivity index (χ0v) is 13.8. The highest BCUT2D eigenvalue weighted by molar-refractivity contribution is 7.91. The highest BCUT2D eigenvalue weighted by Gasteiger charge is 2.32. The molecule has 2 heterocycles. The van der Waals surface area contributed by atoms with Gasteiger partial charge in [-0.05, 0) is 32.4 Å². The number of sulfonamides is 1. The van der Waals surface area contributed by atoms with Crippen LogP contribution in [0.15, 0.2) is 10.3 Å². The van der Waals surface area contributed by atoms with Crippen molar-refractivity contribution in [3.05, 3.63) is 20.5 Å². The molecule has 1 unspecified atom stereocenters. The Kier molecular flexibility index (Phi) is 5.20. The van der Waals surface area contributed by atoms with Crippen LogP contribution in [-0.4, -0.2) is 43.8 Å². The van der Waals surface area contributed by atoms with Gasteiger partial charge in [0.2, 0.25) is 0 Å². The monoisotopic (exact) mass is 353 g/mol. The van der Waals surface area contributed by atoms with Gasteiger partial charge in [0.05, 0.1) is 4.92 Å². The normalized spacial score (nSPS) is 20.4. The largest absolute Gasteiger partial charge is 0.317 e. The van der Waals surface area contributed by atoms with E-state index in [4.69, 9.17) is 11.6 Å². The maximum atomic E-state index is 12.6. The molecule has 0 aliphatic carbocycles. The van der Waals surface area contributed by atoms with Crippen molar-refractivity contribution in [2.24, 2.45) is 0 Å². The Morgan fingerprint density at radius 3 is 2.81 bits per heavy atom. The molecule has 1 aliphatic rings. The molecule has 0 radical (unpaired) electrons. The van der Waals surface area contributed by atoms with Gasteiger partial charge in [0.1, 0.15) is 4.21 Å². The fraction of sp³-hybridized carbons (Fsp3) is 0.636. The van der Waals surface area contributed by atoms with Gasteiger partial charge in [-0.3, -0.25) is 10.1 Å². The molecule has 0 bridgehead atoms. The summed E-state index contributed by atoms with van der Waals surface area (Å²) in [5.41, 5.74) is -0.365. The number of thiophene rings is 1. The number of nitrogens with zero attached hydrogens (tertiary/aromatic N) is 2. The van der Waals surface area contributed by atoms with E-state index in [0.29, 0.717) is 0 Å². The summed E-state index contributed by atoms with van der Waals surface area (Å²) >= 11 is 6.47. The minimum Gasteiger partial charge on any atom is -0.317 e. The van der Waals surface area contributed by atoms with Gasteiger partial charge < -0.3 is 5.32 Å². The molecule has 1 aromatic heterocycles. The first-order valence-electron chi connectivity index (χ1n) is 6.46. The summed E-state index contributed by atoms with van der Waals surface area (Å²) in [6, 6.07) is 0.929. The van der Waals surface area contributed by atoms with Crippen LogP contribution in [0.4, 0.5) is 5.69 Å². The molecule has 1 N–H and O–H groups in total. The Bertz CT molecular complexity index is 623. The third kappa shape index (κ3) is 3.54. The number of hydrogen-bond acceptors (Lipinski definition) is 6. The Balaban J connectivity index is 2.28. The second-order valence-corrected chi connectivity index (χ2v) is 8.72. The maximum Gasteiger partial charge on any atom is 0.300 e. The maximum absolute atomic E-state index is 12.6. The van der Waals surface area contributed by atoms with Crippen LogP contribution in [0.3, 0.4) is 0 Å². The lowest BCUT2D eigenvalue weighted by molar-refractivity contribution is -0.384. The lowest BCUT2D eigenvalue weighted by Crippen LogP contribution is -2.37. The molecule has 1 fully saturated rings. The average molecular weight is 354 g/mol. The topological polar surface area (TPSA) is 92.6 Å². The van der Waals surface area contributed by atoms with Crippen LogP contribution < -0.4 is 5.32 Å². The van der Waals surface area contributed by atoms with E-state index >= 15 is 0 Å². The Morgan fingerprint density at radius 1 is 1.48 bits per heavy atom. The van der Waals surface area contributed by atoms with Gasteiger partial charge in [-0.25, -0.2) is 8.42 Å². The number of rotatable bonds is 4. The molecular formula is C11H16ClN3O4S2. The van der Waals surface area contributed by atoms with E-state index in [0.717, 1.165) is 49.8 Å². The Hall–Kier alpha value is -0.740. The summed E-state index contributed by atoms with van der Waals surface area (Å²) in [5, 5.41) is 14.0. The van der Waals surface area contributed by atoms with Crippen molar-refractivity contribution in [3.8, 4) is 0 Å². The summed E-state index contributed by atoms with van der Waals surface area (Å²) in [7, 11) is -2.24. The van der Waals surface area contributed by atoms with Crippen molar-refractivity contribution in [1.29, 1.82) is 0 Å². The first-order chi connectivity index (χ1) is 9.84. The van der Waals surface area contributed by atoms with Crippen LogP contribution in [0.2, 0.25) is 4.34 Å². The molecule has 0 amide bonds. The molecule has 0 spiro atoms. The lowest BCUT2D eigenvalue weighted by Gasteiger charge is -2.25. The summed E-state index contributed by atoms with van der Waals surface area (Å²) < 4.78 is 26.2. The highest BCUT2D eigenvalue weighted by atomic mass is 35.5. The standard InChI is InChI=1S/C11H16ClN3O4S2/c1-14(8-3-2-5-13-6-4-8)21(18,19)10-7-9(15(16)17)11(12)20-10/h7-8,13H,2-6H2,1H3. The van der Waals surface area contributed by atoms with E-state index < -0.39 is 14.9 Å². The minimum absolute atomic E-state index is 0.0843. The molecule has 1 saturated heterocycles. The molecule has 21 heavy (non-hydrogen) atoms. The summed E-state index contributed by atoms with van der Waals surface area (Å²) in [6.07, 6.45) is 2.39. The smallest absolute Gasteiger partial charge is 0.300 e. The van der Waals surface area contributed by atoms with Crippen LogP contribution in [0, 0.1) is 10.1 Å². The zero-order chi connectivity index (χ0) is 15.6. The lowest BCUT2D eigenvalue weighted by atomic mass is 10.1. The van der Waals surface area contributed by atoms with Crippen LogP contribution in [-0.2, 0) is 10.0 Å². The molecule has 0 saturated carbocycles. The Morgan fingerprint density at radius 2 is 2.19 bits per heavy atom. The quantitative estimate of drug-likeness (QED) is 0.660. The van der Waals surface area contributed by atoms with E-state index in [2.05, 4.69) is 5.32 Å². The first kappa shape index (κ1) is 16.6. The molecule has 1 aliphatic heterocycles. The molecule has 1 atom stereocenters. The van der Waals surface area contributed by atoms with E-state index in [-0.39, 0.29) is 20.3 Å². The molecule has 118 valence electrons. The fourth-order valence-electron chi connectivity index (χ4n) is 2.29. The third-order valence-electron chi connectivity index (χ3n) is 3.54. The zero-order valence-electron chi connectivity index (χ0n) is 11.4.